The lowest BCUT2D eigenvalue weighted by molar-refractivity contribution is 0.0977. The Morgan fingerprint density at radius 2 is 1.95 bits per heavy atom. The van der Waals surface area contributed by atoms with Crippen molar-refractivity contribution in [2.45, 2.75) is 19.9 Å². The van der Waals surface area contributed by atoms with Crippen molar-refractivity contribution in [1.82, 2.24) is 9.78 Å². The van der Waals surface area contributed by atoms with Crippen LogP contribution < -0.4 is 9.80 Å². The number of para-hydroxylation sites is 2. The minimum Gasteiger partial charge on any atom is -0.373 e. The van der Waals surface area contributed by atoms with Gasteiger partial charge in [-0.3, -0.25) is 9.48 Å². The monoisotopic (exact) mass is 284 g/mol. The predicted molar refractivity (Wildman–Crippen MR) is 83.9 cm³/mol. The SMILES string of the molecule is CCn1nccc1C(=O)N1CCCN(C)c2ccccc21. The van der Waals surface area contributed by atoms with E-state index >= 15 is 0 Å². The van der Waals surface area contributed by atoms with E-state index in [1.165, 1.54) is 0 Å². The van der Waals surface area contributed by atoms with Crippen molar-refractivity contribution >= 4 is 17.3 Å². The number of aromatic nitrogens is 2. The second-order valence-electron chi connectivity index (χ2n) is 5.25. The molecule has 0 fully saturated rings. The molecule has 1 amide bonds. The molecule has 1 aliphatic rings. The Kier molecular flexibility index (Phi) is 3.64. The fraction of sp³-hybridized carbons (Fsp3) is 0.375. The minimum absolute atomic E-state index is 0.0251. The molecule has 0 radical (unpaired) electrons. The number of carbonyl (C=O) groups is 1. The molecule has 0 atom stereocenters. The molecule has 0 bridgehead atoms. The van der Waals surface area contributed by atoms with Crippen LogP contribution in [0.3, 0.4) is 0 Å². The molecule has 0 saturated heterocycles. The zero-order chi connectivity index (χ0) is 14.8. The van der Waals surface area contributed by atoms with Crippen molar-refractivity contribution in [3.05, 3.63) is 42.2 Å². The number of fused-ring (bicyclic) bond motifs is 1. The molecule has 1 aromatic carbocycles. The summed E-state index contributed by atoms with van der Waals surface area (Å²) in [6.45, 7) is 4.38. The van der Waals surface area contributed by atoms with Crippen LogP contribution in [-0.2, 0) is 6.54 Å². The van der Waals surface area contributed by atoms with E-state index in [4.69, 9.17) is 0 Å². The zero-order valence-corrected chi connectivity index (χ0v) is 12.5. The first-order valence-electron chi connectivity index (χ1n) is 7.36. The summed E-state index contributed by atoms with van der Waals surface area (Å²) in [5, 5.41) is 4.20. The van der Waals surface area contributed by atoms with Gasteiger partial charge < -0.3 is 9.80 Å². The van der Waals surface area contributed by atoms with E-state index in [0.717, 1.165) is 30.9 Å². The third kappa shape index (κ3) is 2.39. The van der Waals surface area contributed by atoms with Gasteiger partial charge in [0.1, 0.15) is 5.69 Å². The molecule has 2 heterocycles. The lowest BCUT2D eigenvalue weighted by Gasteiger charge is -2.24. The maximum Gasteiger partial charge on any atom is 0.276 e. The quantitative estimate of drug-likeness (QED) is 0.850. The lowest BCUT2D eigenvalue weighted by atomic mass is 10.2. The number of hydrogen-bond acceptors (Lipinski definition) is 3. The van der Waals surface area contributed by atoms with Gasteiger partial charge in [-0.2, -0.15) is 5.10 Å². The van der Waals surface area contributed by atoms with Crippen molar-refractivity contribution in [3.63, 3.8) is 0 Å². The van der Waals surface area contributed by atoms with Gasteiger partial charge in [0, 0.05) is 32.9 Å². The largest absolute Gasteiger partial charge is 0.373 e. The topological polar surface area (TPSA) is 41.4 Å². The molecule has 1 aromatic heterocycles. The average Bonchev–Trinajstić information content (AvgIpc) is 2.93. The molecular formula is C16H20N4O. The second kappa shape index (κ2) is 5.60. The van der Waals surface area contributed by atoms with Crippen molar-refractivity contribution < 1.29 is 4.79 Å². The Bertz CT molecular complexity index is 649. The molecule has 3 rings (SSSR count). The molecular weight excluding hydrogens is 264 g/mol. The summed E-state index contributed by atoms with van der Waals surface area (Å²) < 4.78 is 1.75. The van der Waals surface area contributed by atoms with Crippen molar-refractivity contribution in [3.8, 4) is 0 Å². The van der Waals surface area contributed by atoms with Crippen LogP contribution in [0.25, 0.3) is 0 Å². The maximum atomic E-state index is 12.9. The summed E-state index contributed by atoms with van der Waals surface area (Å²) >= 11 is 0. The fourth-order valence-corrected chi connectivity index (χ4v) is 2.84. The van der Waals surface area contributed by atoms with E-state index in [-0.39, 0.29) is 5.91 Å². The third-order valence-electron chi connectivity index (χ3n) is 3.94. The molecule has 110 valence electrons. The molecule has 0 saturated carbocycles. The van der Waals surface area contributed by atoms with Crippen LogP contribution in [-0.4, -0.2) is 35.8 Å². The van der Waals surface area contributed by atoms with Crippen molar-refractivity contribution in [2.75, 3.05) is 29.9 Å². The summed E-state index contributed by atoms with van der Waals surface area (Å²) in [6.07, 6.45) is 2.64. The van der Waals surface area contributed by atoms with Crippen LogP contribution in [0, 0.1) is 0 Å². The van der Waals surface area contributed by atoms with Gasteiger partial charge in [0.2, 0.25) is 0 Å². The second-order valence-corrected chi connectivity index (χ2v) is 5.25. The van der Waals surface area contributed by atoms with Gasteiger partial charge in [0.05, 0.1) is 11.4 Å². The Hall–Kier alpha value is -2.30. The Morgan fingerprint density at radius 3 is 2.71 bits per heavy atom. The number of anilines is 2. The summed E-state index contributed by atoms with van der Waals surface area (Å²) in [4.78, 5) is 17.0. The van der Waals surface area contributed by atoms with Crippen molar-refractivity contribution in [2.24, 2.45) is 0 Å². The van der Waals surface area contributed by atoms with Gasteiger partial charge in [-0.1, -0.05) is 12.1 Å². The first-order valence-corrected chi connectivity index (χ1v) is 7.36. The molecule has 0 N–H and O–H groups in total. The number of nitrogens with zero attached hydrogens (tertiary/aromatic N) is 4. The first-order chi connectivity index (χ1) is 10.2. The smallest absolute Gasteiger partial charge is 0.276 e. The van der Waals surface area contributed by atoms with Crippen LogP contribution in [0.4, 0.5) is 11.4 Å². The highest BCUT2D eigenvalue weighted by Gasteiger charge is 2.25. The van der Waals surface area contributed by atoms with Gasteiger partial charge in [0.25, 0.3) is 5.91 Å². The number of rotatable bonds is 2. The normalized spacial score (nSPS) is 14.8. The van der Waals surface area contributed by atoms with Crippen LogP contribution in [0.5, 0.6) is 0 Å². The van der Waals surface area contributed by atoms with Gasteiger partial charge in [-0.25, -0.2) is 0 Å². The molecule has 21 heavy (non-hydrogen) atoms. The molecule has 5 nitrogen and oxygen atoms in total. The highest BCUT2D eigenvalue weighted by atomic mass is 16.2. The first kappa shape index (κ1) is 13.7. The summed E-state index contributed by atoms with van der Waals surface area (Å²) in [5.74, 6) is 0.0251. The van der Waals surface area contributed by atoms with Crippen LogP contribution in [0.2, 0.25) is 0 Å². The minimum atomic E-state index is 0.0251. The highest BCUT2D eigenvalue weighted by molar-refractivity contribution is 6.06. The van der Waals surface area contributed by atoms with E-state index in [1.54, 1.807) is 16.9 Å². The number of carbonyl (C=O) groups excluding carboxylic acids is 1. The van der Waals surface area contributed by atoms with E-state index in [2.05, 4.69) is 23.1 Å². The molecule has 0 unspecified atom stereocenters. The Labute approximate surface area is 124 Å². The maximum absolute atomic E-state index is 12.9. The molecule has 1 aliphatic heterocycles. The molecule has 5 heteroatoms. The van der Waals surface area contributed by atoms with Gasteiger partial charge in [-0.05, 0) is 31.5 Å². The van der Waals surface area contributed by atoms with Crippen molar-refractivity contribution in [1.29, 1.82) is 0 Å². The molecule has 0 aliphatic carbocycles. The Balaban J connectivity index is 2.02. The van der Waals surface area contributed by atoms with E-state index < -0.39 is 0 Å². The van der Waals surface area contributed by atoms with E-state index in [0.29, 0.717) is 12.2 Å². The number of benzene rings is 1. The summed E-state index contributed by atoms with van der Waals surface area (Å²) in [7, 11) is 2.07. The number of hydrogen-bond donors (Lipinski definition) is 0. The fourth-order valence-electron chi connectivity index (χ4n) is 2.84. The van der Waals surface area contributed by atoms with E-state index in [1.807, 2.05) is 30.0 Å². The highest BCUT2D eigenvalue weighted by Crippen LogP contribution is 2.32. The lowest BCUT2D eigenvalue weighted by Crippen LogP contribution is -2.33. The van der Waals surface area contributed by atoms with Crippen LogP contribution in [0.15, 0.2) is 36.5 Å². The van der Waals surface area contributed by atoms with Crippen LogP contribution in [0.1, 0.15) is 23.8 Å². The summed E-state index contributed by atoms with van der Waals surface area (Å²) in [6, 6.07) is 9.87. The predicted octanol–water partition coefficient (Wildman–Crippen LogP) is 2.39. The third-order valence-corrected chi connectivity index (χ3v) is 3.94. The van der Waals surface area contributed by atoms with Gasteiger partial charge >= 0.3 is 0 Å². The Morgan fingerprint density at radius 1 is 1.19 bits per heavy atom. The zero-order valence-electron chi connectivity index (χ0n) is 12.5. The van der Waals surface area contributed by atoms with Gasteiger partial charge in [0.15, 0.2) is 0 Å². The van der Waals surface area contributed by atoms with E-state index in [9.17, 15) is 4.79 Å². The standard InChI is InChI=1S/C16H20N4O/c1-3-20-15(9-10-17-20)16(21)19-12-6-11-18(2)13-7-4-5-8-14(13)19/h4-5,7-10H,3,6,11-12H2,1-2H3. The van der Waals surface area contributed by atoms with Gasteiger partial charge in [-0.15, -0.1) is 0 Å². The average molecular weight is 284 g/mol. The molecule has 2 aromatic rings. The number of amides is 1. The number of aryl methyl sites for hydroxylation is 1. The summed E-state index contributed by atoms with van der Waals surface area (Å²) in [5.41, 5.74) is 2.73. The molecule has 0 spiro atoms. The van der Waals surface area contributed by atoms with Crippen LogP contribution >= 0.6 is 0 Å².